The van der Waals surface area contributed by atoms with Crippen LogP contribution in [-0.2, 0) is 0 Å². The number of amides is 1. The number of carbonyl (C=O) groups is 1. The van der Waals surface area contributed by atoms with Gasteiger partial charge in [0.25, 0.3) is 5.91 Å². The van der Waals surface area contributed by atoms with Crippen molar-refractivity contribution >= 4 is 22.6 Å². The summed E-state index contributed by atoms with van der Waals surface area (Å²) in [5, 5.41) is 0.631. The first kappa shape index (κ1) is 15.7. The molecule has 0 aliphatic rings. The fourth-order valence-corrected chi connectivity index (χ4v) is 2.36. The second-order valence-corrected chi connectivity index (χ2v) is 5.27. The van der Waals surface area contributed by atoms with Crippen LogP contribution in [0.15, 0.2) is 51.9 Å². The van der Waals surface area contributed by atoms with Gasteiger partial charge in [-0.05, 0) is 36.8 Å². The summed E-state index contributed by atoms with van der Waals surface area (Å²) in [6.07, 6.45) is 0. The smallest absolute Gasteiger partial charge is 0.254 e. The van der Waals surface area contributed by atoms with E-state index in [0.717, 1.165) is 5.56 Å². The Labute approximate surface area is 137 Å². The lowest BCUT2D eigenvalue weighted by atomic mass is 10.1. The first-order valence-corrected chi connectivity index (χ1v) is 7.21. The standard InChI is InChI=1S/C18H15FN2O3/c1-10-6-7-14(13(19)8-10)21-18-12(17(20)22)9-11-4-3-5-15(23-2)16(11)24-18/h3-9H,1-2H3,(H2,20,22). The van der Waals surface area contributed by atoms with Crippen LogP contribution in [0.3, 0.4) is 0 Å². The van der Waals surface area contributed by atoms with Crippen molar-refractivity contribution in [3.8, 4) is 5.75 Å². The highest BCUT2D eigenvalue weighted by molar-refractivity contribution is 5.96. The molecule has 6 heteroatoms. The van der Waals surface area contributed by atoms with Crippen molar-refractivity contribution in [2.45, 2.75) is 6.92 Å². The van der Waals surface area contributed by atoms with E-state index in [2.05, 4.69) is 4.99 Å². The largest absolute Gasteiger partial charge is 0.493 e. The molecule has 0 bridgehead atoms. The molecule has 0 aliphatic heterocycles. The fraction of sp³-hybridized carbons (Fsp3) is 0.111. The van der Waals surface area contributed by atoms with Gasteiger partial charge in [0, 0.05) is 5.39 Å². The average molecular weight is 326 g/mol. The number of benzene rings is 2. The second-order valence-electron chi connectivity index (χ2n) is 5.27. The van der Waals surface area contributed by atoms with Gasteiger partial charge in [-0.2, -0.15) is 0 Å². The summed E-state index contributed by atoms with van der Waals surface area (Å²) in [6.45, 7) is 1.77. The normalized spacial score (nSPS) is 11.7. The Morgan fingerprint density at radius 2 is 2.04 bits per heavy atom. The summed E-state index contributed by atoms with van der Waals surface area (Å²) in [5.41, 5.74) is 6.62. The summed E-state index contributed by atoms with van der Waals surface area (Å²) < 4.78 is 25.0. The summed E-state index contributed by atoms with van der Waals surface area (Å²) in [6, 6.07) is 11.4. The maximum Gasteiger partial charge on any atom is 0.254 e. The Balaban J connectivity index is 2.34. The molecule has 0 spiro atoms. The number of primary amides is 1. The Hall–Kier alpha value is -3.15. The molecule has 2 N–H and O–H groups in total. The Morgan fingerprint density at radius 1 is 1.25 bits per heavy atom. The number of halogens is 1. The third-order valence-corrected chi connectivity index (χ3v) is 3.55. The minimum absolute atomic E-state index is 0.0566. The Morgan fingerprint density at radius 3 is 2.71 bits per heavy atom. The molecule has 0 fully saturated rings. The van der Waals surface area contributed by atoms with Gasteiger partial charge in [0.1, 0.15) is 17.1 Å². The molecule has 5 nitrogen and oxygen atoms in total. The number of aryl methyl sites for hydroxylation is 1. The lowest BCUT2D eigenvalue weighted by molar-refractivity contribution is 0.0996. The molecule has 3 aromatic rings. The number of ether oxygens (including phenoxy) is 1. The summed E-state index contributed by atoms with van der Waals surface area (Å²) >= 11 is 0. The molecule has 0 saturated heterocycles. The van der Waals surface area contributed by atoms with Crippen LogP contribution in [0.1, 0.15) is 15.9 Å². The van der Waals surface area contributed by atoms with E-state index >= 15 is 0 Å². The van der Waals surface area contributed by atoms with E-state index in [9.17, 15) is 9.18 Å². The number of nitrogens with two attached hydrogens (primary N) is 1. The van der Waals surface area contributed by atoms with Gasteiger partial charge in [-0.25, -0.2) is 9.38 Å². The minimum Gasteiger partial charge on any atom is -0.493 e. The highest BCUT2D eigenvalue weighted by Crippen LogP contribution is 2.25. The lowest BCUT2D eigenvalue weighted by Gasteiger charge is -2.06. The number of methoxy groups -OCH3 is 1. The van der Waals surface area contributed by atoms with E-state index in [4.69, 9.17) is 14.9 Å². The third kappa shape index (κ3) is 2.86. The molecule has 0 unspecified atom stereocenters. The molecule has 1 amide bonds. The van der Waals surface area contributed by atoms with Crippen molar-refractivity contribution in [1.82, 2.24) is 0 Å². The molecule has 24 heavy (non-hydrogen) atoms. The number of nitrogens with zero attached hydrogens (tertiary/aromatic N) is 1. The Bertz CT molecular complexity index is 1010. The third-order valence-electron chi connectivity index (χ3n) is 3.55. The first-order valence-electron chi connectivity index (χ1n) is 7.21. The van der Waals surface area contributed by atoms with Crippen LogP contribution in [0.25, 0.3) is 11.0 Å². The zero-order valence-corrected chi connectivity index (χ0v) is 13.2. The number of para-hydroxylation sites is 1. The molecule has 1 aromatic heterocycles. The number of hydrogen-bond acceptors (Lipinski definition) is 4. The van der Waals surface area contributed by atoms with Crippen molar-refractivity contribution in [2.24, 2.45) is 10.7 Å². The van der Waals surface area contributed by atoms with Crippen molar-refractivity contribution in [2.75, 3.05) is 7.11 Å². The molecule has 2 aromatic carbocycles. The molecule has 122 valence electrons. The van der Waals surface area contributed by atoms with Crippen LogP contribution in [0.4, 0.5) is 10.1 Å². The van der Waals surface area contributed by atoms with Crippen LogP contribution in [0.5, 0.6) is 5.75 Å². The van der Waals surface area contributed by atoms with Crippen LogP contribution >= 0.6 is 0 Å². The summed E-state index contributed by atoms with van der Waals surface area (Å²) in [5.74, 6) is -0.750. The molecule has 0 aliphatic carbocycles. The Kier molecular flexibility index (Phi) is 4.04. The number of fused-ring (bicyclic) bond motifs is 1. The first-order chi connectivity index (χ1) is 11.5. The number of carbonyl (C=O) groups excluding carboxylic acids is 1. The van der Waals surface area contributed by atoms with Gasteiger partial charge >= 0.3 is 0 Å². The summed E-state index contributed by atoms with van der Waals surface area (Å²) in [4.78, 5) is 15.9. The van der Waals surface area contributed by atoms with Crippen molar-refractivity contribution in [3.63, 3.8) is 0 Å². The van der Waals surface area contributed by atoms with Crippen molar-refractivity contribution in [1.29, 1.82) is 0 Å². The molecule has 1 heterocycles. The van der Waals surface area contributed by atoms with Crippen molar-refractivity contribution < 1.29 is 18.3 Å². The predicted octanol–water partition coefficient (Wildman–Crippen LogP) is 3.22. The van der Waals surface area contributed by atoms with Crippen LogP contribution < -0.4 is 16.0 Å². The monoisotopic (exact) mass is 326 g/mol. The van der Waals surface area contributed by atoms with E-state index in [-0.39, 0.29) is 16.8 Å². The topological polar surface area (TPSA) is 77.8 Å². The van der Waals surface area contributed by atoms with E-state index in [1.165, 1.54) is 19.2 Å². The van der Waals surface area contributed by atoms with Crippen LogP contribution in [0, 0.1) is 12.7 Å². The fourth-order valence-electron chi connectivity index (χ4n) is 2.36. The zero-order chi connectivity index (χ0) is 17.3. The zero-order valence-electron chi connectivity index (χ0n) is 13.2. The molecule has 0 radical (unpaired) electrons. The quantitative estimate of drug-likeness (QED) is 0.802. The van der Waals surface area contributed by atoms with Gasteiger partial charge in [0.05, 0.1) is 7.11 Å². The van der Waals surface area contributed by atoms with Gasteiger partial charge in [-0.1, -0.05) is 18.2 Å². The molecular weight excluding hydrogens is 311 g/mol. The average Bonchev–Trinajstić information content (AvgIpc) is 2.56. The molecule has 0 saturated carbocycles. The lowest BCUT2D eigenvalue weighted by Crippen LogP contribution is -2.21. The minimum atomic E-state index is -0.713. The second kappa shape index (κ2) is 6.16. The maximum atomic E-state index is 14.1. The molecule has 0 atom stereocenters. The number of rotatable bonds is 3. The van der Waals surface area contributed by atoms with E-state index in [1.807, 2.05) is 0 Å². The maximum absolute atomic E-state index is 14.1. The molecular formula is C18H15FN2O3. The summed E-state index contributed by atoms with van der Waals surface area (Å²) in [7, 11) is 1.50. The van der Waals surface area contributed by atoms with Gasteiger partial charge in [-0.15, -0.1) is 0 Å². The van der Waals surface area contributed by atoms with E-state index in [1.54, 1.807) is 37.3 Å². The highest BCUT2D eigenvalue weighted by Gasteiger charge is 2.12. The van der Waals surface area contributed by atoms with Gasteiger partial charge in [-0.3, -0.25) is 4.79 Å². The van der Waals surface area contributed by atoms with Crippen molar-refractivity contribution in [3.05, 3.63) is 65.0 Å². The van der Waals surface area contributed by atoms with E-state index in [0.29, 0.717) is 16.7 Å². The SMILES string of the molecule is COc1cccc2cc(C(N)=O)c(=Nc3ccc(C)cc3F)oc12. The predicted molar refractivity (Wildman–Crippen MR) is 87.6 cm³/mol. The highest BCUT2D eigenvalue weighted by atomic mass is 19.1. The van der Waals surface area contributed by atoms with Gasteiger partial charge < -0.3 is 14.9 Å². The van der Waals surface area contributed by atoms with Crippen LogP contribution in [-0.4, -0.2) is 13.0 Å². The number of hydrogen-bond donors (Lipinski definition) is 1. The molecule has 3 rings (SSSR count). The van der Waals surface area contributed by atoms with Gasteiger partial charge in [0.2, 0.25) is 5.55 Å². The van der Waals surface area contributed by atoms with Crippen LogP contribution in [0.2, 0.25) is 0 Å². The van der Waals surface area contributed by atoms with Gasteiger partial charge in [0.15, 0.2) is 11.3 Å². The van der Waals surface area contributed by atoms with E-state index < -0.39 is 11.7 Å².